The van der Waals surface area contributed by atoms with Crippen LogP contribution in [0, 0.1) is 0 Å². The Hall–Kier alpha value is -2.76. The molecule has 34 heavy (non-hydrogen) atoms. The van der Waals surface area contributed by atoms with E-state index in [0.717, 1.165) is 40.3 Å². The van der Waals surface area contributed by atoms with Crippen LogP contribution in [0.25, 0.3) is 0 Å². The van der Waals surface area contributed by atoms with Gasteiger partial charge in [0.1, 0.15) is 0 Å². The molecule has 2 atom stereocenters. The summed E-state index contributed by atoms with van der Waals surface area (Å²) >= 11 is 8.03. The molecule has 0 N–H and O–H groups in total. The van der Waals surface area contributed by atoms with Crippen LogP contribution in [0.4, 0.5) is 5.69 Å². The molecule has 0 radical (unpaired) electrons. The van der Waals surface area contributed by atoms with Crippen LogP contribution in [0.5, 0.6) is 0 Å². The number of carbonyl (C=O) groups is 2. The number of piperidine rings is 1. The number of likely N-dealkylation sites (tertiary alicyclic amines) is 1. The van der Waals surface area contributed by atoms with Gasteiger partial charge in [0.05, 0.1) is 17.8 Å². The average molecular weight is 491 g/mol. The fourth-order valence-corrected chi connectivity index (χ4v) is 6.23. The van der Waals surface area contributed by atoms with Gasteiger partial charge in [-0.15, -0.1) is 0 Å². The monoisotopic (exact) mass is 490 g/mol. The first-order chi connectivity index (χ1) is 16.4. The zero-order valence-electron chi connectivity index (χ0n) is 19.3. The maximum Gasteiger partial charge on any atom is 0.259 e. The van der Waals surface area contributed by atoms with E-state index < -0.39 is 0 Å². The van der Waals surface area contributed by atoms with Crippen LogP contribution in [0.1, 0.15) is 59.4 Å². The molecule has 2 aliphatic rings. The number of anilines is 1. The molecule has 0 bridgehead atoms. The number of hydrogen-bond donors (Lipinski definition) is 0. The van der Waals surface area contributed by atoms with Crippen molar-refractivity contribution >= 4 is 40.9 Å². The van der Waals surface area contributed by atoms with E-state index in [4.69, 9.17) is 11.6 Å². The Balaban J connectivity index is 1.60. The van der Waals surface area contributed by atoms with Crippen molar-refractivity contribution in [2.45, 2.75) is 61.5 Å². The molecule has 6 heteroatoms. The normalized spacial score (nSPS) is 19.9. The van der Waals surface area contributed by atoms with Crippen molar-refractivity contribution in [1.29, 1.82) is 0 Å². The summed E-state index contributed by atoms with van der Waals surface area (Å²) < 4.78 is 0. The SMILES string of the molecule is CC1CCCC(C)N1C(=O)c1ccc2c(c1)N(Cc1ccccc1Cl)C(=O)c1ccccc1S2. The fraction of sp³-hybridized carbons (Fsp3) is 0.286. The molecule has 0 aliphatic carbocycles. The Morgan fingerprint density at radius 1 is 0.971 bits per heavy atom. The molecule has 174 valence electrons. The number of benzene rings is 3. The third kappa shape index (κ3) is 4.23. The molecule has 3 aromatic rings. The van der Waals surface area contributed by atoms with Crippen LogP contribution >= 0.6 is 23.4 Å². The summed E-state index contributed by atoms with van der Waals surface area (Å²) in [5, 5.41) is 0.616. The quantitative estimate of drug-likeness (QED) is 0.394. The van der Waals surface area contributed by atoms with Crippen molar-refractivity contribution in [3.8, 4) is 0 Å². The van der Waals surface area contributed by atoms with Gasteiger partial charge in [-0.05, 0) is 75.1 Å². The number of carbonyl (C=O) groups excluding carboxylic acids is 2. The van der Waals surface area contributed by atoms with E-state index in [0.29, 0.717) is 22.7 Å². The zero-order valence-corrected chi connectivity index (χ0v) is 20.9. The zero-order chi connectivity index (χ0) is 23.8. The van der Waals surface area contributed by atoms with E-state index in [1.807, 2.05) is 71.6 Å². The number of nitrogens with zero attached hydrogens (tertiary/aromatic N) is 2. The van der Waals surface area contributed by atoms with Gasteiger partial charge in [-0.3, -0.25) is 9.59 Å². The number of rotatable bonds is 3. The Bertz CT molecular complexity index is 1250. The van der Waals surface area contributed by atoms with Gasteiger partial charge >= 0.3 is 0 Å². The molecule has 0 saturated carbocycles. The molecule has 2 unspecified atom stereocenters. The van der Waals surface area contributed by atoms with Crippen LogP contribution in [-0.2, 0) is 6.54 Å². The highest BCUT2D eigenvalue weighted by molar-refractivity contribution is 7.99. The summed E-state index contributed by atoms with van der Waals surface area (Å²) in [6.45, 7) is 4.57. The topological polar surface area (TPSA) is 40.6 Å². The van der Waals surface area contributed by atoms with Crippen LogP contribution in [-0.4, -0.2) is 28.8 Å². The van der Waals surface area contributed by atoms with E-state index in [-0.39, 0.29) is 23.9 Å². The lowest BCUT2D eigenvalue weighted by Gasteiger charge is -2.39. The van der Waals surface area contributed by atoms with Crippen LogP contribution < -0.4 is 4.90 Å². The minimum Gasteiger partial charge on any atom is -0.333 e. The molecule has 1 fully saturated rings. The molecule has 2 aliphatic heterocycles. The lowest BCUT2D eigenvalue weighted by Crippen LogP contribution is -2.47. The molecule has 4 nitrogen and oxygen atoms in total. The summed E-state index contributed by atoms with van der Waals surface area (Å²) in [7, 11) is 0. The fourth-order valence-electron chi connectivity index (χ4n) is 4.98. The van der Waals surface area contributed by atoms with Gasteiger partial charge < -0.3 is 9.80 Å². The van der Waals surface area contributed by atoms with E-state index in [1.54, 1.807) is 16.7 Å². The van der Waals surface area contributed by atoms with Gasteiger partial charge in [0, 0.05) is 32.5 Å². The van der Waals surface area contributed by atoms with Gasteiger partial charge in [0.15, 0.2) is 0 Å². The maximum atomic E-state index is 13.8. The number of fused-ring (bicyclic) bond motifs is 2. The molecule has 5 rings (SSSR count). The van der Waals surface area contributed by atoms with Crippen molar-refractivity contribution in [3.05, 3.63) is 88.4 Å². The van der Waals surface area contributed by atoms with Crippen LogP contribution in [0.3, 0.4) is 0 Å². The van der Waals surface area contributed by atoms with Crippen molar-refractivity contribution in [2.75, 3.05) is 4.90 Å². The minimum absolute atomic E-state index is 0.0272. The molecular weight excluding hydrogens is 464 g/mol. The van der Waals surface area contributed by atoms with Crippen LogP contribution in [0.15, 0.2) is 76.5 Å². The van der Waals surface area contributed by atoms with Gasteiger partial charge in [-0.25, -0.2) is 0 Å². The largest absolute Gasteiger partial charge is 0.333 e. The van der Waals surface area contributed by atoms with E-state index in [9.17, 15) is 9.59 Å². The summed E-state index contributed by atoms with van der Waals surface area (Å²) in [6.07, 6.45) is 3.18. The average Bonchev–Trinajstić information content (AvgIpc) is 2.94. The predicted molar refractivity (Wildman–Crippen MR) is 138 cm³/mol. The molecule has 2 heterocycles. The van der Waals surface area contributed by atoms with Gasteiger partial charge in [-0.1, -0.05) is 53.7 Å². The Labute approximate surface area is 209 Å². The lowest BCUT2D eigenvalue weighted by atomic mass is 9.96. The second kappa shape index (κ2) is 9.47. The van der Waals surface area contributed by atoms with Crippen LogP contribution in [0.2, 0.25) is 5.02 Å². The van der Waals surface area contributed by atoms with Gasteiger partial charge in [0.25, 0.3) is 11.8 Å². The third-order valence-corrected chi connectivity index (χ3v) is 8.30. The number of hydrogen-bond acceptors (Lipinski definition) is 3. The van der Waals surface area contributed by atoms with Crippen molar-refractivity contribution < 1.29 is 9.59 Å². The summed E-state index contributed by atoms with van der Waals surface area (Å²) in [4.78, 5) is 33.0. The highest BCUT2D eigenvalue weighted by Crippen LogP contribution is 2.43. The smallest absolute Gasteiger partial charge is 0.259 e. The Kier molecular flexibility index (Phi) is 6.41. The highest BCUT2D eigenvalue weighted by Gasteiger charge is 2.32. The molecule has 1 saturated heterocycles. The van der Waals surface area contributed by atoms with E-state index in [1.165, 1.54) is 0 Å². The van der Waals surface area contributed by atoms with Crippen molar-refractivity contribution in [2.24, 2.45) is 0 Å². The molecule has 0 aromatic heterocycles. The maximum absolute atomic E-state index is 13.8. The summed E-state index contributed by atoms with van der Waals surface area (Å²) in [6, 6.07) is 21.4. The Morgan fingerprint density at radius 3 is 2.44 bits per heavy atom. The van der Waals surface area contributed by atoms with Crippen molar-refractivity contribution in [3.63, 3.8) is 0 Å². The van der Waals surface area contributed by atoms with Gasteiger partial charge in [-0.2, -0.15) is 0 Å². The standard InChI is InChI=1S/C28H27ClN2O2S/c1-18-8-7-9-19(2)31(18)27(32)20-14-15-26-24(16-20)30(17-21-10-3-5-12-23(21)29)28(33)22-11-4-6-13-25(22)34-26/h3-6,10-16,18-19H,7-9,17H2,1-2H3. The van der Waals surface area contributed by atoms with Crippen molar-refractivity contribution in [1.82, 2.24) is 4.90 Å². The van der Waals surface area contributed by atoms with E-state index in [2.05, 4.69) is 13.8 Å². The Morgan fingerprint density at radius 2 is 1.68 bits per heavy atom. The highest BCUT2D eigenvalue weighted by atomic mass is 35.5. The first kappa shape index (κ1) is 23.0. The second-order valence-electron chi connectivity index (χ2n) is 9.10. The molecule has 0 spiro atoms. The summed E-state index contributed by atoms with van der Waals surface area (Å²) in [5.41, 5.74) is 2.88. The lowest BCUT2D eigenvalue weighted by molar-refractivity contribution is 0.0510. The minimum atomic E-state index is -0.0916. The first-order valence-corrected chi connectivity index (χ1v) is 12.9. The predicted octanol–water partition coefficient (Wildman–Crippen LogP) is 7.05. The number of halogens is 1. The van der Waals surface area contributed by atoms with E-state index >= 15 is 0 Å². The molecule has 3 aromatic carbocycles. The second-order valence-corrected chi connectivity index (χ2v) is 10.6. The first-order valence-electron chi connectivity index (χ1n) is 11.7. The summed E-state index contributed by atoms with van der Waals surface area (Å²) in [5.74, 6) is -0.0644. The molecule has 2 amide bonds. The molecular formula is C28H27ClN2O2S. The number of amides is 2. The third-order valence-electron chi connectivity index (χ3n) is 6.79. The van der Waals surface area contributed by atoms with Gasteiger partial charge in [0.2, 0.25) is 0 Å².